The van der Waals surface area contributed by atoms with E-state index in [4.69, 9.17) is 0 Å². The van der Waals surface area contributed by atoms with Gasteiger partial charge in [-0.1, -0.05) is 12.1 Å². The molecule has 1 aromatic carbocycles. The van der Waals surface area contributed by atoms with Crippen molar-refractivity contribution in [1.82, 2.24) is 9.97 Å². The molecule has 0 saturated carbocycles. The Labute approximate surface area is 124 Å². The Balaban J connectivity index is 1.86. The predicted octanol–water partition coefficient (Wildman–Crippen LogP) is 2.56. The molecule has 1 heterocycles. The number of aliphatic hydroxyl groups is 1. The molecule has 1 aromatic heterocycles. The number of hydrogen-bond acceptors (Lipinski definition) is 5. The standard InChI is InChI=1S/C14H14F3N3O2/c15-14(16,17)9-22-11-3-1-10(2-4-11)12(21)7-20-13-8-18-5-6-19-13/h1-6,8,12,21H,7,9H2,(H,19,20). The van der Waals surface area contributed by atoms with Crippen molar-refractivity contribution in [2.24, 2.45) is 0 Å². The first-order valence-electron chi connectivity index (χ1n) is 6.41. The van der Waals surface area contributed by atoms with E-state index in [0.717, 1.165) is 0 Å². The smallest absolute Gasteiger partial charge is 0.422 e. The fraction of sp³-hybridized carbons (Fsp3) is 0.286. The van der Waals surface area contributed by atoms with Gasteiger partial charge in [-0.25, -0.2) is 4.98 Å². The summed E-state index contributed by atoms with van der Waals surface area (Å²) in [6, 6.07) is 5.78. The van der Waals surface area contributed by atoms with Gasteiger partial charge in [-0.3, -0.25) is 4.98 Å². The van der Waals surface area contributed by atoms with Crippen molar-refractivity contribution in [2.45, 2.75) is 12.3 Å². The van der Waals surface area contributed by atoms with Crippen molar-refractivity contribution >= 4 is 5.82 Å². The maximum atomic E-state index is 12.0. The van der Waals surface area contributed by atoms with Crippen LogP contribution in [0.3, 0.4) is 0 Å². The van der Waals surface area contributed by atoms with Crippen molar-refractivity contribution in [1.29, 1.82) is 0 Å². The lowest BCUT2D eigenvalue weighted by atomic mass is 10.1. The Kier molecular flexibility index (Phi) is 5.16. The third kappa shape index (κ3) is 5.21. The quantitative estimate of drug-likeness (QED) is 0.858. The van der Waals surface area contributed by atoms with E-state index in [9.17, 15) is 18.3 Å². The fourth-order valence-corrected chi connectivity index (χ4v) is 1.66. The molecule has 1 unspecified atom stereocenters. The highest BCUT2D eigenvalue weighted by molar-refractivity contribution is 5.32. The average Bonchev–Trinajstić information content (AvgIpc) is 2.51. The first-order chi connectivity index (χ1) is 10.4. The summed E-state index contributed by atoms with van der Waals surface area (Å²) in [6.07, 6.45) is -0.652. The van der Waals surface area contributed by atoms with Gasteiger partial charge < -0.3 is 15.2 Å². The van der Waals surface area contributed by atoms with Crippen LogP contribution < -0.4 is 10.1 Å². The number of anilines is 1. The molecule has 22 heavy (non-hydrogen) atoms. The first kappa shape index (κ1) is 16.0. The number of nitrogens with zero attached hydrogens (tertiary/aromatic N) is 2. The van der Waals surface area contributed by atoms with Gasteiger partial charge in [0, 0.05) is 18.9 Å². The van der Waals surface area contributed by atoms with E-state index in [1.165, 1.54) is 42.9 Å². The zero-order valence-corrected chi connectivity index (χ0v) is 11.4. The number of alkyl halides is 3. The topological polar surface area (TPSA) is 67.3 Å². The lowest BCUT2D eigenvalue weighted by molar-refractivity contribution is -0.153. The molecule has 0 radical (unpaired) electrons. The van der Waals surface area contributed by atoms with E-state index in [1.54, 1.807) is 0 Å². The molecule has 2 rings (SSSR count). The Hall–Kier alpha value is -2.35. The van der Waals surface area contributed by atoms with Gasteiger partial charge in [0.25, 0.3) is 0 Å². The summed E-state index contributed by atoms with van der Waals surface area (Å²) in [4.78, 5) is 7.87. The summed E-state index contributed by atoms with van der Waals surface area (Å²) >= 11 is 0. The van der Waals surface area contributed by atoms with Gasteiger partial charge in [0.2, 0.25) is 0 Å². The lowest BCUT2D eigenvalue weighted by Gasteiger charge is -2.13. The number of halogens is 3. The van der Waals surface area contributed by atoms with Gasteiger partial charge in [-0.05, 0) is 17.7 Å². The van der Waals surface area contributed by atoms with Crippen LogP contribution in [0.15, 0.2) is 42.9 Å². The fourth-order valence-electron chi connectivity index (χ4n) is 1.66. The Morgan fingerprint density at radius 1 is 1.18 bits per heavy atom. The largest absolute Gasteiger partial charge is 0.484 e. The number of benzene rings is 1. The van der Waals surface area contributed by atoms with Crippen LogP contribution >= 0.6 is 0 Å². The van der Waals surface area contributed by atoms with Gasteiger partial charge in [-0.15, -0.1) is 0 Å². The predicted molar refractivity (Wildman–Crippen MR) is 73.5 cm³/mol. The van der Waals surface area contributed by atoms with Crippen molar-refractivity contribution in [3.05, 3.63) is 48.4 Å². The molecule has 0 bridgehead atoms. The first-order valence-corrected chi connectivity index (χ1v) is 6.41. The van der Waals surface area contributed by atoms with E-state index < -0.39 is 18.9 Å². The monoisotopic (exact) mass is 313 g/mol. The second-order valence-electron chi connectivity index (χ2n) is 4.46. The van der Waals surface area contributed by atoms with Crippen LogP contribution in [-0.2, 0) is 0 Å². The summed E-state index contributed by atoms with van der Waals surface area (Å²) in [5, 5.41) is 12.9. The number of rotatable bonds is 6. The summed E-state index contributed by atoms with van der Waals surface area (Å²) in [7, 11) is 0. The Bertz CT molecular complexity index is 576. The van der Waals surface area contributed by atoms with Crippen molar-refractivity contribution < 1.29 is 23.0 Å². The zero-order chi connectivity index (χ0) is 16.0. The lowest BCUT2D eigenvalue weighted by Crippen LogP contribution is -2.19. The van der Waals surface area contributed by atoms with E-state index in [-0.39, 0.29) is 12.3 Å². The van der Waals surface area contributed by atoms with Crippen LogP contribution in [0.5, 0.6) is 5.75 Å². The molecule has 2 N–H and O–H groups in total. The number of nitrogens with one attached hydrogen (secondary N) is 1. The molecule has 0 spiro atoms. The number of aromatic nitrogens is 2. The van der Waals surface area contributed by atoms with Gasteiger partial charge >= 0.3 is 6.18 Å². The Morgan fingerprint density at radius 3 is 2.50 bits per heavy atom. The molecule has 118 valence electrons. The number of aliphatic hydroxyl groups excluding tert-OH is 1. The maximum absolute atomic E-state index is 12.0. The van der Waals surface area contributed by atoms with Gasteiger partial charge in [0.05, 0.1) is 12.3 Å². The van der Waals surface area contributed by atoms with Crippen molar-refractivity contribution in [3.63, 3.8) is 0 Å². The SMILES string of the molecule is OC(CNc1cnccn1)c1ccc(OCC(F)(F)F)cc1. The van der Waals surface area contributed by atoms with Gasteiger partial charge in [0.15, 0.2) is 6.61 Å². The number of hydrogen-bond donors (Lipinski definition) is 2. The molecule has 0 saturated heterocycles. The van der Waals surface area contributed by atoms with Crippen LogP contribution in [0.4, 0.5) is 19.0 Å². The summed E-state index contributed by atoms with van der Waals surface area (Å²) < 4.78 is 40.7. The zero-order valence-electron chi connectivity index (χ0n) is 11.4. The van der Waals surface area contributed by atoms with Crippen LogP contribution in [-0.4, -0.2) is 34.4 Å². The second kappa shape index (κ2) is 7.08. The highest BCUT2D eigenvalue weighted by Crippen LogP contribution is 2.21. The van der Waals surface area contributed by atoms with E-state index in [0.29, 0.717) is 11.4 Å². The molecule has 0 aliphatic carbocycles. The molecule has 8 heteroatoms. The van der Waals surface area contributed by atoms with Crippen LogP contribution in [0.1, 0.15) is 11.7 Å². The minimum atomic E-state index is -4.38. The van der Waals surface area contributed by atoms with E-state index >= 15 is 0 Å². The normalized spacial score (nSPS) is 12.7. The van der Waals surface area contributed by atoms with Crippen LogP contribution in [0, 0.1) is 0 Å². The molecule has 1 atom stereocenters. The molecule has 5 nitrogen and oxygen atoms in total. The van der Waals surface area contributed by atoms with Gasteiger partial charge in [-0.2, -0.15) is 13.2 Å². The van der Waals surface area contributed by atoms with Crippen LogP contribution in [0.25, 0.3) is 0 Å². The van der Waals surface area contributed by atoms with Crippen molar-refractivity contribution in [2.75, 3.05) is 18.5 Å². The molecular formula is C14H14F3N3O2. The van der Waals surface area contributed by atoms with Crippen molar-refractivity contribution in [3.8, 4) is 5.75 Å². The molecular weight excluding hydrogens is 299 g/mol. The van der Waals surface area contributed by atoms with Crippen LogP contribution in [0.2, 0.25) is 0 Å². The summed E-state index contributed by atoms with van der Waals surface area (Å²) in [6.45, 7) is -1.15. The molecule has 0 aliphatic rings. The highest BCUT2D eigenvalue weighted by atomic mass is 19.4. The minimum Gasteiger partial charge on any atom is -0.484 e. The third-order valence-corrected chi connectivity index (χ3v) is 2.71. The molecule has 0 aliphatic heterocycles. The number of ether oxygens (including phenoxy) is 1. The average molecular weight is 313 g/mol. The summed E-state index contributed by atoms with van der Waals surface area (Å²) in [5.41, 5.74) is 0.552. The van der Waals surface area contributed by atoms with E-state index in [2.05, 4.69) is 20.0 Å². The molecule has 0 amide bonds. The third-order valence-electron chi connectivity index (χ3n) is 2.71. The second-order valence-corrected chi connectivity index (χ2v) is 4.46. The maximum Gasteiger partial charge on any atom is 0.422 e. The minimum absolute atomic E-state index is 0.0927. The molecule has 0 fully saturated rings. The molecule has 2 aromatic rings. The summed E-state index contributed by atoms with van der Waals surface area (Å²) in [5.74, 6) is 0.613. The van der Waals surface area contributed by atoms with Gasteiger partial charge in [0.1, 0.15) is 11.6 Å². The highest BCUT2D eigenvalue weighted by Gasteiger charge is 2.28. The van der Waals surface area contributed by atoms with E-state index in [1.807, 2.05) is 0 Å². The Morgan fingerprint density at radius 2 is 1.91 bits per heavy atom.